The SMILES string of the molecule is COc1cc(C=NNc2nc(-c3ccc(Br)cc3)cs2)cc([N+](=O)[O-])c1[O-]. The lowest BCUT2D eigenvalue weighted by Crippen LogP contribution is -2.02. The van der Waals surface area contributed by atoms with E-state index in [0.29, 0.717) is 10.7 Å². The molecule has 1 aromatic heterocycles. The number of hydrogen-bond donors (Lipinski definition) is 1. The molecule has 138 valence electrons. The van der Waals surface area contributed by atoms with Gasteiger partial charge in [-0.25, -0.2) is 4.98 Å². The number of ether oxygens (including phenoxy) is 1. The molecule has 1 N–H and O–H groups in total. The van der Waals surface area contributed by atoms with E-state index in [1.54, 1.807) is 0 Å². The van der Waals surface area contributed by atoms with E-state index in [1.165, 1.54) is 30.7 Å². The molecule has 0 aliphatic heterocycles. The second-order valence-electron chi connectivity index (χ2n) is 5.24. The van der Waals surface area contributed by atoms with Gasteiger partial charge in [-0.3, -0.25) is 15.5 Å². The van der Waals surface area contributed by atoms with Crippen LogP contribution >= 0.6 is 27.3 Å². The van der Waals surface area contributed by atoms with E-state index in [4.69, 9.17) is 4.74 Å². The van der Waals surface area contributed by atoms with Gasteiger partial charge in [-0.15, -0.1) is 11.3 Å². The molecule has 0 radical (unpaired) electrons. The fourth-order valence-corrected chi connectivity index (χ4v) is 3.14. The highest BCUT2D eigenvalue weighted by Crippen LogP contribution is 2.34. The molecular weight excluding hydrogens is 436 g/mol. The van der Waals surface area contributed by atoms with Gasteiger partial charge in [-0.05, 0) is 18.2 Å². The Balaban J connectivity index is 1.75. The van der Waals surface area contributed by atoms with Crippen LogP contribution < -0.4 is 15.3 Å². The minimum atomic E-state index is -0.772. The van der Waals surface area contributed by atoms with Crippen LogP contribution in [0.4, 0.5) is 10.8 Å². The summed E-state index contributed by atoms with van der Waals surface area (Å²) in [5, 5.41) is 29.3. The number of thiazole rings is 1. The summed E-state index contributed by atoms with van der Waals surface area (Å²) < 4.78 is 5.87. The van der Waals surface area contributed by atoms with E-state index in [9.17, 15) is 15.2 Å². The van der Waals surface area contributed by atoms with Gasteiger partial charge in [0.15, 0.2) is 0 Å². The van der Waals surface area contributed by atoms with Crippen LogP contribution in [0.2, 0.25) is 0 Å². The highest BCUT2D eigenvalue weighted by molar-refractivity contribution is 9.10. The maximum atomic E-state index is 11.8. The largest absolute Gasteiger partial charge is 0.865 e. The number of benzene rings is 2. The molecule has 0 amide bonds. The maximum Gasteiger partial charge on any atom is 0.266 e. The number of aromatic nitrogens is 1. The van der Waals surface area contributed by atoms with E-state index in [1.807, 2.05) is 29.6 Å². The van der Waals surface area contributed by atoms with Crippen molar-refractivity contribution < 1.29 is 14.8 Å². The molecule has 0 unspecified atom stereocenters. The average molecular weight is 448 g/mol. The second-order valence-corrected chi connectivity index (χ2v) is 7.02. The summed E-state index contributed by atoms with van der Waals surface area (Å²) >= 11 is 4.76. The van der Waals surface area contributed by atoms with Gasteiger partial charge in [0.2, 0.25) is 5.13 Å². The molecule has 0 saturated heterocycles. The Hall–Kier alpha value is -2.98. The van der Waals surface area contributed by atoms with Crippen molar-refractivity contribution in [3.63, 3.8) is 0 Å². The fourth-order valence-electron chi connectivity index (χ4n) is 2.21. The zero-order chi connectivity index (χ0) is 19.4. The number of hydrogen-bond acceptors (Lipinski definition) is 8. The summed E-state index contributed by atoms with van der Waals surface area (Å²) in [7, 11) is 1.28. The molecule has 1 heterocycles. The van der Waals surface area contributed by atoms with Crippen molar-refractivity contribution in [2.75, 3.05) is 12.5 Å². The fraction of sp³-hybridized carbons (Fsp3) is 0.0588. The molecule has 0 saturated carbocycles. The standard InChI is InChI=1S/C17H13BrN4O4S/c1-26-15-7-10(6-14(16(15)23)22(24)25)8-19-21-17-20-13(9-27-17)11-2-4-12(18)5-3-11/h2-9,23H,1H3,(H,20,21)/p-1. The number of rotatable bonds is 6. The Kier molecular flexibility index (Phi) is 5.67. The van der Waals surface area contributed by atoms with Crippen LogP contribution in [0.3, 0.4) is 0 Å². The lowest BCUT2D eigenvalue weighted by Gasteiger charge is -2.12. The molecule has 0 atom stereocenters. The first-order valence-corrected chi connectivity index (χ1v) is 9.19. The molecule has 2 aromatic carbocycles. The Morgan fingerprint density at radius 1 is 1.33 bits per heavy atom. The molecule has 3 rings (SSSR count). The highest BCUT2D eigenvalue weighted by Gasteiger charge is 2.12. The normalized spacial score (nSPS) is 10.9. The third kappa shape index (κ3) is 4.41. The van der Waals surface area contributed by atoms with Gasteiger partial charge in [-0.2, -0.15) is 5.10 Å². The van der Waals surface area contributed by atoms with Crippen LogP contribution in [0.15, 0.2) is 51.4 Å². The van der Waals surface area contributed by atoms with E-state index in [-0.39, 0.29) is 5.75 Å². The van der Waals surface area contributed by atoms with Gasteiger partial charge in [0.25, 0.3) is 5.69 Å². The van der Waals surface area contributed by atoms with Gasteiger partial charge in [0, 0.05) is 32.8 Å². The molecule has 3 aromatic rings. The molecule has 27 heavy (non-hydrogen) atoms. The van der Waals surface area contributed by atoms with Crippen molar-refractivity contribution in [2.45, 2.75) is 0 Å². The summed E-state index contributed by atoms with van der Waals surface area (Å²) in [5.74, 6) is -0.885. The van der Waals surface area contributed by atoms with Crippen molar-refractivity contribution in [1.29, 1.82) is 0 Å². The minimum Gasteiger partial charge on any atom is -0.865 e. The summed E-state index contributed by atoms with van der Waals surface area (Å²) in [4.78, 5) is 14.7. The van der Waals surface area contributed by atoms with Crippen molar-refractivity contribution in [2.24, 2.45) is 5.10 Å². The summed E-state index contributed by atoms with van der Waals surface area (Å²) in [6, 6.07) is 10.3. The summed E-state index contributed by atoms with van der Waals surface area (Å²) in [5.41, 5.74) is 4.34. The summed E-state index contributed by atoms with van der Waals surface area (Å²) in [6.07, 6.45) is 1.36. The molecule has 0 spiro atoms. The lowest BCUT2D eigenvalue weighted by atomic mass is 10.2. The van der Waals surface area contributed by atoms with Gasteiger partial charge in [-0.1, -0.05) is 28.1 Å². The van der Waals surface area contributed by atoms with Crippen LogP contribution in [0, 0.1) is 10.1 Å². The van der Waals surface area contributed by atoms with Gasteiger partial charge in [0.05, 0.1) is 23.9 Å². The molecule has 0 fully saturated rings. The van der Waals surface area contributed by atoms with Crippen molar-refractivity contribution >= 4 is 44.3 Å². The number of nitrogens with zero attached hydrogens (tertiary/aromatic N) is 3. The molecule has 10 heteroatoms. The van der Waals surface area contributed by atoms with E-state index in [0.717, 1.165) is 21.8 Å². The topological polar surface area (TPSA) is 113 Å². The smallest absolute Gasteiger partial charge is 0.266 e. The Bertz CT molecular complexity index is 1000. The molecule has 0 aliphatic carbocycles. The van der Waals surface area contributed by atoms with Gasteiger partial charge >= 0.3 is 0 Å². The Morgan fingerprint density at radius 3 is 2.74 bits per heavy atom. The first kappa shape index (κ1) is 18.8. The number of nitro benzene ring substituents is 1. The van der Waals surface area contributed by atoms with Crippen molar-refractivity contribution in [3.05, 3.63) is 61.9 Å². The van der Waals surface area contributed by atoms with Crippen LogP contribution in [0.1, 0.15) is 5.56 Å². The van der Waals surface area contributed by atoms with Crippen LogP contribution in [0.25, 0.3) is 11.3 Å². The first-order chi connectivity index (χ1) is 13.0. The highest BCUT2D eigenvalue weighted by atomic mass is 79.9. The molecule has 0 bridgehead atoms. The molecule has 8 nitrogen and oxygen atoms in total. The monoisotopic (exact) mass is 447 g/mol. The predicted octanol–water partition coefficient (Wildman–Crippen LogP) is 4.01. The lowest BCUT2D eigenvalue weighted by molar-refractivity contribution is -0.398. The van der Waals surface area contributed by atoms with Crippen molar-refractivity contribution in [3.8, 4) is 22.8 Å². The van der Waals surface area contributed by atoms with E-state index >= 15 is 0 Å². The molecule has 0 aliphatic rings. The Labute approximate surface area is 166 Å². The molecular formula is C17H12BrN4O4S-. The zero-order valence-corrected chi connectivity index (χ0v) is 16.3. The number of hydrazone groups is 1. The zero-order valence-electron chi connectivity index (χ0n) is 13.9. The van der Waals surface area contributed by atoms with Crippen molar-refractivity contribution in [1.82, 2.24) is 4.98 Å². The Morgan fingerprint density at radius 2 is 2.07 bits per heavy atom. The second kappa shape index (κ2) is 8.14. The number of nitrogens with one attached hydrogen (secondary N) is 1. The first-order valence-electron chi connectivity index (χ1n) is 7.52. The number of anilines is 1. The van der Waals surface area contributed by atoms with Crippen LogP contribution in [-0.4, -0.2) is 23.2 Å². The number of nitro groups is 1. The van der Waals surface area contributed by atoms with Crippen LogP contribution in [0.5, 0.6) is 11.5 Å². The summed E-state index contributed by atoms with van der Waals surface area (Å²) in [6.45, 7) is 0. The van der Waals surface area contributed by atoms with Gasteiger partial charge in [0.1, 0.15) is 5.75 Å². The minimum absolute atomic E-state index is 0.113. The third-order valence-corrected chi connectivity index (χ3v) is 4.77. The van der Waals surface area contributed by atoms with Gasteiger partial charge < -0.3 is 9.84 Å². The average Bonchev–Trinajstić information content (AvgIpc) is 3.12. The maximum absolute atomic E-state index is 11.8. The van der Waals surface area contributed by atoms with E-state index < -0.39 is 16.4 Å². The predicted molar refractivity (Wildman–Crippen MR) is 106 cm³/mol. The number of halogens is 1. The third-order valence-electron chi connectivity index (χ3n) is 3.49. The van der Waals surface area contributed by atoms with E-state index in [2.05, 4.69) is 31.4 Å². The quantitative estimate of drug-likeness (QED) is 0.346. The van der Waals surface area contributed by atoms with Crippen LogP contribution in [-0.2, 0) is 0 Å². The number of methoxy groups -OCH3 is 1.